The first kappa shape index (κ1) is 13.7. The lowest BCUT2D eigenvalue weighted by Gasteiger charge is -2.26. The second-order valence-electron chi connectivity index (χ2n) is 4.45. The third-order valence-corrected chi connectivity index (χ3v) is 4.94. The van der Waals surface area contributed by atoms with Crippen LogP contribution in [0.25, 0.3) is 0 Å². The standard InChI is InChI=1S/C11H18ClN5S/c1-13-9-15-8(12)16-10(17-9)14-7-11(18-2)5-3-4-6-11/h3-7H2,1-2H3,(H2,13,14,15,16,17). The van der Waals surface area contributed by atoms with Gasteiger partial charge < -0.3 is 10.6 Å². The summed E-state index contributed by atoms with van der Waals surface area (Å²) in [5.41, 5.74) is 0. The van der Waals surface area contributed by atoms with E-state index in [-0.39, 0.29) is 5.28 Å². The maximum atomic E-state index is 5.85. The monoisotopic (exact) mass is 287 g/mol. The number of thioether (sulfide) groups is 1. The van der Waals surface area contributed by atoms with Crippen LogP contribution in [-0.4, -0.2) is 39.5 Å². The van der Waals surface area contributed by atoms with E-state index in [1.165, 1.54) is 25.7 Å². The molecule has 18 heavy (non-hydrogen) atoms. The normalized spacial score (nSPS) is 17.7. The van der Waals surface area contributed by atoms with Gasteiger partial charge in [-0.25, -0.2) is 0 Å². The van der Waals surface area contributed by atoms with Crippen LogP contribution >= 0.6 is 23.4 Å². The predicted octanol–water partition coefficient (Wildman–Crippen LogP) is 2.65. The van der Waals surface area contributed by atoms with Crippen LogP contribution in [0.15, 0.2) is 0 Å². The molecule has 0 unspecified atom stereocenters. The van der Waals surface area contributed by atoms with Crippen LogP contribution in [-0.2, 0) is 0 Å². The molecule has 1 fully saturated rings. The molecule has 2 N–H and O–H groups in total. The molecular weight excluding hydrogens is 270 g/mol. The van der Waals surface area contributed by atoms with Crippen LogP contribution in [0.5, 0.6) is 0 Å². The van der Waals surface area contributed by atoms with Crippen molar-refractivity contribution in [3.05, 3.63) is 5.28 Å². The fourth-order valence-corrected chi connectivity index (χ4v) is 3.33. The van der Waals surface area contributed by atoms with Gasteiger partial charge in [-0.1, -0.05) is 12.8 Å². The molecule has 1 aromatic heterocycles. The Bertz CT molecular complexity index is 408. The molecule has 0 amide bonds. The number of aromatic nitrogens is 3. The van der Waals surface area contributed by atoms with E-state index in [4.69, 9.17) is 11.6 Å². The Morgan fingerprint density at radius 3 is 2.50 bits per heavy atom. The summed E-state index contributed by atoms with van der Waals surface area (Å²) in [4.78, 5) is 12.3. The second kappa shape index (κ2) is 5.93. The Labute approximate surface area is 117 Å². The predicted molar refractivity (Wildman–Crippen MR) is 77.6 cm³/mol. The highest BCUT2D eigenvalue weighted by molar-refractivity contribution is 8.00. The van der Waals surface area contributed by atoms with E-state index in [0.717, 1.165) is 6.54 Å². The summed E-state index contributed by atoms with van der Waals surface area (Å²) in [6.45, 7) is 0.873. The van der Waals surface area contributed by atoms with Gasteiger partial charge in [0.25, 0.3) is 0 Å². The molecular formula is C11H18ClN5S. The van der Waals surface area contributed by atoms with Crippen molar-refractivity contribution in [3.63, 3.8) is 0 Å². The Morgan fingerprint density at radius 2 is 1.89 bits per heavy atom. The summed E-state index contributed by atoms with van der Waals surface area (Å²) in [6, 6.07) is 0. The molecule has 1 aliphatic rings. The number of anilines is 2. The zero-order valence-electron chi connectivity index (χ0n) is 10.7. The highest BCUT2D eigenvalue weighted by Gasteiger charge is 2.32. The molecule has 100 valence electrons. The summed E-state index contributed by atoms with van der Waals surface area (Å²) < 4.78 is 0.318. The summed E-state index contributed by atoms with van der Waals surface area (Å²) in [7, 11) is 1.76. The molecule has 1 saturated carbocycles. The molecule has 0 saturated heterocycles. The summed E-state index contributed by atoms with van der Waals surface area (Å²) in [6.07, 6.45) is 7.29. The Balaban J connectivity index is 2.03. The van der Waals surface area contributed by atoms with Gasteiger partial charge in [0.15, 0.2) is 0 Å². The molecule has 5 nitrogen and oxygen atoms in total. The Hall–Kier alpha value is -0.750. The number of rotatable bonds is 5. The van der Waals surface area contributed by atoms with Gasteiger partial charge in [-0.15, -0.1) is 0 Å². The van der Waals surface area contributed by atoms with Gasteiger partial charge >= 0.3 is 0 Å². The molecule has 1 aliphatic carbocycles. The molecule has 2 rings (SSSR count). The zero-order chi connectivity index (χ0) is 13.0. The minimum absolute atomic E-state index is 0.210. The lowest BCUT2D eigenvalue weighted by molar-refractivity contribution is 0.637. The first-order valence-electron chi connectivity index (χ1n) is 6.06. The molecule has 1 heterocycles. The lowest BCUT2D eigenvalue weighted by Crippen LogP contribution is -2.30. The maximum Gasteiger partial charge on any atom is 0.228 e. The first-order chi connectivity index (χ1) is 8.67. The van der Waals surface area contributed by atoms with Crippen LogP contribution in [0.4, 0.5) is 11.9 Å². The highest BCUT2D eigenvalue weighted by Crippen LogP contribution is 2.40. The molecule has 0 radical (unpaired) electrons. The van der Waals surface area contributed by atoms with Gasteiger partial charge in [-0.2, -0.15) is 26.7 Å². The zero-order valence-corrected chi connectivity index (χ0v) is 12.2. The van der Waals surface area contributed by atoms with Gasteiger partial charge in [0.1, 0.15) is 0 Å². The van der Waals surface area contributed by atoms with E-state index in [1.54, 1.807) is 7.05 Å². The van der Waals surface area contributed by atoms with Crippen molar-refractivity contribution in [2.75, 3.05) is 30.5 Å². The molecule has 0 aromatic carbocycles. The molecule has 1 aromatic rings. The lowest BCUT2D eigenvalue weighted by atomic mass is 10.1. The van der Waals surface area contributed by atoms with Crippen LogP contribution in [0.2, 0.25) is 5.28 Å². The van der Waals surface area contributed by atoms with Crippen LogP contribution in [0, 0.1) is 0 Å². The highest BCUT2D eigenvalue weighted by atomic mass is 35.5. The Morgan fingerprint density at radius 1 is 1.22 bits per heavy atom. The van der Waals surface area contributed by atoms with Crippen LogP contribution in [0.1, 0.15) is 25.7 Å². The first-order valence-corrected chi connectivity index (χ1v) is 7.66. The third-order valence-electron chi connectivity index (χ3n) is 3.35. The summed E-state index contributed by atoms with van der Waals surface area (Å²) in [5.74, 6) is 1.03. The molecule has 7 heteroatoms. The van der Waals surface area contributed by atoms with Gasteiger partial charge in [0.05, 0.1) is 0 Å². The van der Waals surface area contributed by atoms with E-state index in [2.05, 4.69) is 31.8 Å². The second-order valence-corrected chi connectivity index (χ2v) is 6.06. The quantitative estimate of drug-likeness (QED) is 0.868. The van der Waals surface area contributed by atoms with Crippen molar-refractivity contribution in [2.45, 2.75) is 30.4 Å². The molecule has 0 atom stereocenters. The maximum absolute atomic E-state index is 5.85. The Kier molecular flexibility index (Phi) is 4.50. The van der Waals surface area contributed by atoms with Crippen molar-refractivity contribution in [3.8, 4) is 0 Å². The number of hydrogen-bond acceptors (Lipinski definition) is 6. The van der Waals surface area contributed by atoms with E-state index < -0.39 is 0 Å². The van der Waals surface area contributed by atoms with Gasteiger partial charge in [0, 0.05) is 18.3 Å². The van der Waals surface area contributed by atoms with E-state index in [9.17, 15) is 0 Å². The summed E-state index contributed by atoms with van der Waals surface area (Å²) >= 11 is 7.78. The van der Waals surface area contributed by atoms with Crippen molar-refractivity contribution < 1.29 is 0 Å². The molecule has 0 spiro atoms. The third kappa shape index (κ3) is 3.17. The van der Waals surface area contributed by atoms with Gasteiger partial charge in [-0.3, -0.25) is 0 Å². The smallest absolute Gasteiger partial charge is 0.228 e. The average Bonchev–Trinajstić information content (AvgIpc) is 2.85. The number of nitrogens with one attached hydrogen (secondary N) is 2. The van der Waals surface area contributed by atoms with Crippen LogP contribution < -0.4 is 10.6 Å². The number of nitrogens with zero attached hydrogens (tertiary/aromatic N) is 3. The van der Waals surface area contributed by atoms with Crippen molar-refractivity contribution in [2.24, 2.45) is 0 Å². The van der Waals surface area contributed by atoms with Gasteiger partial charge in [-0.05, 0) is 30.7 Å². The van der Waals surface area contributed by atoms with Crippen LogP contribution in [0.3, 0.4) is 0 Å². The summed E-state index contributed by atoms with van der Waals surface area (Å²) in [5, 5.41) is 6.36. The van der Waals surface area contributed by atoms with Crippen molar-refractivity contribution in [1.82, 2.24) is 15.0 Å². The number of halogens is 1. The van der Waals surface area contributed by atoms with Crippen molar-refractivity contribution in [1.29, 1.82) is 0 Å². The van der Waals surface area contributed by atoms with Crippen molar-refractivity contribution >= 4 is 35.3 Å². The fraction of sp³-hybridized carbons (Fsp3) is 0.727. The number of hydrogen-bond donors (Lipinski definition) is 2. The minimum Gasteiger partial charge on any atom is -0.357 e. The topological polar surface area (TPSA) is 62.7 Å². The molecule has 0 bridgehead atoms. The largest absolute Gasteiger partial charge is 0.357 e. The van der Waals surface area contributed by atoms with Gasteiger partial charge in [0.2, 0.25) is 17.2 Å². The van der Waals surface area contributed by atoms with E-state index in [0.29, 0.717) is 16.6 Å². The molecule has 0 aliphatic heterocycles. The average molecular weight is 288 g/mol. The SMILES string of the molecule is CNc1nc(Cl)nc(NCC2(SC)CCCC2)n1. The minimum atomic E-state index is 0.210. The van der Waals surface area contributed by atoms with E-state index >= 15 is 0 Å². The fourth-order valence-electron chi connectivity index (χ4n) is 2.25. The van der Waals surface area contributed by atoms with E-state index in [1.807, 2.05) is 11.8 Å².